The molecule has 0 fully saturated rings. The van der Waals surface area contributed by atoms with Gasteiger partial charge < -0.3 is 20.5 Å². The van der Waals surface area contributed by atoms with Gasteiger partial charge in [0.2, 0.25) is 0 Å². The first-order chi connectivity index (χ1) is 8.70. The summed E-state index contributed by atoms with van der Waals surface area (Å²) in [6.45, 7) is 7.10. The summed E-state index contributed by atoms with van der Waals surface area (Å²) in [6, 6.07) is 4.89. The van der Waals surface area contributed by atoms with Gasteiger partial charge in [0, 0.05) is 19.3 Å². The summed E-state index contributed by atoms with van der Waals surface area (Å²) in [6.07, 6.45) is 0. The average Bonchev–Trinajstić information content (AvgIpc) is 2.26. The van der Waals surface area contributed by atoms with E-state index in [9.17, 15) is 9.90 Å². The lowest BCUT2D eigenvalue weighted by atomic mass is 10.1. The molecule has 3 N–H and O–H groups in total. The molecule has 0 amide bonds. The molecule has 0 heterocycles. The Balaban J connectivity index is 2.76. The summed E-state index contributed by atoms with van der Waals surface area (Å²) < 4.78 is 5.63. The van der Waals surface area contributed by atoms with Gasteiger partial charge in [0.15, 0.2) is 0 Å². The van der Waals surface area contributed by atoms with E-state index in [-0.39, 0.29) is 11.2 Å². The van der Waals surface area contributed by atoms with E-state index in [2.05, 4.69) is 0 Å². The Bertz CT molecular complexity index is 452. The number of ether oxygens (including phenoxy) is 1. The number of hydrogen-bond acceptors (Lipinski definition) is 4. The second kappa shape index (κ2) is 5.93. The Labute approximate surface area is 114 Å². The molecule has 0 aromatic heterocycles. The van der Waals surface area contributed by atoms with Gasteiger partial charge in [0.1, 0.15) is 0 Å². The van der Waals surface area contributed by atoms with E-state index in [1.54, 1.807) is 12.1 Å². The molecule has 0 unspecified atom stereocenters. The summed E-state index contributed by atoms with van der Waals surface area (Å²) in [5.74, 6) is -0.981. The maximum atomic E-state index is 11.2. The number of nitrogens with two attached hydrogens (primary N) is 1. The fourth-order valence-electron chi connectivity index (χ4n) is 1.67. The SMILES string of the molecule is CN(CCOC(C)(C)C)c1ccc(N)cc1C(=O)O. The molecular weight excluding hydrogens is 244 g/mol. The van der Waals surface area contributed by atoms with Crippen molar-refractivity contribution < 1.29 is 14.6 Å². The minimum absolute atomic E-state index is 0.197. The monoisotopic (exact) mass is 266 g/mol. The first-order valence-electron chi connectivity index (χ1n) is 6.18. The predicted molar refractivity (Wildman–Crippen MR) is 76.8 cm³/mol. The van der Waals surface area contributed by atoms with Crippen molar-refractivity contribution in [3.8, 4) is 0 Å². The molecule has 5 nitrogen and oxygen atoms in total. The van der Waals surface area contributed by atoms with E-state index in [0.29, 0.717) is 24.5 Å². The minimum atomic E-state index is -0.981. The fraction of sp³-hybridized carbons (Fsp3) is 0.500. The number of carboxylic acid groups (broad SMARTS) is 1. The lowest BCUT2D eigenvalue weighted by Crippen LogP contribution is -2.29. The quantitative estimate of drug-likeness (QED) is 0.799. The van der Waals surface area contributed by atoms with Crippen LogP contribution in [0.15, 0.2) is 18.2 Å². The molecule has 106 valence electrons. The normalized spacial score (nSPS) is 11.4. The highest BCUT2D eigenvalue weighted by atomic mass is 16.5. The largest absolute Gasteiger partial charge is 0.478 e. The minimum Gasteiger partial charge on any atom is -0.478 e. The number of carbonyl (C=O) groups is 1. The Morgan fingerprint density at radius 2 is 2.05 bits per heavy atom. The molecule has 19 heavy (non-hydrogen) atoms. The van der Waals surface area contributed by atoms with Crippen molar-refractivity contribution in [2.24, 2.45) is 0 Å². The standard InChI is InChI=1S/C14H22N2O3/c1-14(2,3)19-8-7-16(4)12-6-5-10(15)9-11(12)13(17)18/h5-6,9H,7-8,15H2,1-4H3,(H,17,18). The van der Waals surface area contributed by atoms with Crippen LogP contribution in [0, 0.1) is 0 Å². The van der Waals surface area contributed by atoms with Gasteiger partial charge in [-0.3, -0.25) is 0 Å². The number of benzene rings is 1. The molecule has 5 heteroatoms. The summed E-state index contributed by atoms with van der Waals surface area (Å²) in [5, 5.41) is 9.18. The van der Waals surface area contributed by atoms with E-state index in [1.807, 2.05) is 32.7 Å². The molecule has 0 atom stereocenters. The molecule has 0 bridgehead atoms. The maximum absolute atomic E-state index is 11.2. The van der Waals surface area contributed by atoms with E-state index in [1.165, 1.54) is 6.07 Å². The highest BCUT2D eigenvalue weighted by molar-refractivity contribution is 5.95. The van der Waals surface area contributed by atoms with E-state index in [0.717, 1.165) is 0 Å². The van der Waals surface area contributed by atoms with Gasteiger partial charge in [0.05, 0.1) is 23.5 Å². The van der Waals surface area contributed by atoms with Crippen LogP contribution in [0.5, 0.6) is 0 Å². The van der Waals surface area contributed by atoms with Crippen molar-refractivity contribution in [2.45, 2.75) is 26.4 Å². The van der Waals surface area contributed by atoms with Crippen LogP contribution < -0.4 is 10.6 Å². The molecule has 0 saturated carbocycles. The molecule has 0 saturated heterocycles. The van der Waals surface area contributed by atoms with E-state index >= 15 is 0 Å². The van der Waals surface area contributed by atoms with E-state index in [4.69, 9.17) is 10.5 Å². The van der Waals surface area contributed by atoms with Crippen molar-refractivity contribution in [1.29, 1.82) is 0 Å². The van der Waals surface area contributed by atoms with Crippen LogP contribution >= 0.6 is 0 Å². The number of hydrogen-bond donors (Lipinski definition) is 2. The molecule has 1 rings (SSSR count). The zero-order valence-corrected chi connectivity index (χ0v) is 11.9. The second-order valence-electron chi connectivity index (χ2n) is 5.46. The highest BCUT2D eigenvalue weighted by Crippen LogP contribution is 2.22. The van der Waals surface area contributed by atoms with Crippen LogP contribution in [0.2, 0.25) is 0 Å². The van der Waals surface area contributed by atoms with Crippen LogP contribution in [0.3, 0.4) is 0 Å². The van der Waals surface area contributed by atoms with Crippen molar-refractivity contribution >= 4 is 17.3 Å². The molecule has 0 spiro atoms. The van der Waals surface area contributed by atoms with Crippen LogP contribution in [0.4, 0.5) is 11.4 Å². The van der Waals surface area contributed by atoms with Crippen molar-refractivity contribution in [3.05, 3.63) is 23.8 Å². The third-order valence-electron chi connectivity index (χ3n) is 2.62. The van der Waals surface area contributed by atoms with Gasteiger partial charge in [-0.05, 0) is 39.0 Å². The molecular formula is C14H22N2O3. The zero-order chi connectivity index (χ0) is 14.6. The number of likely N-dealkylation sites (N-methyl/N-ethyl adjacent to an activating group) is 1. The number of carboxylic acids is 1. The predicted octanol–water partition coefficient (Wildman–Crippen LogP) is 2.22. The number of nitrogens with zero attached hydrogens (tertiary/aromatic N) is 1. The van der Waals surface area contributed by atoms with Gasteiger partial charge in [-0.25, -0.2) is 4.79 Å². The third kappa shape index (κ3) is 4.79. The maximum Gasteiger partial charge on any atom is 0.337 e. The zero-order valence-electron chi connectivity index (χ0n) is 11.9. The third-order valence-corrected chi connectivity index (χ3v) is 2.62. The number of nitrogen functional groups attached to an aromatic ring is 1. The highest BCUT2D eigenvalue weighted by Gasteiger charge is 2.15. The first-order valence-corrected chi connectivity index (χ1v) is 6.18. The molecule has 0 radical (unpaired) electrons. The summed E-state index contributed by atoms with van der Waals surface area (Å²) in [7, 11) is 1.84. The molecule has 1 aromatic carbocycles. The van der Waals surface area contributed by atoms with Gasteiger partial charge in [0.25, 0.3) is 0 Å². The van der Waals surface area contributed by atoms with Crippen LogP contribution in [-0.2, 0) is 4.74 Å². The first kappa shape index (κ1) is 15.3. The molecule has 0 aliphatic rings. The molecule has 1 aromatic rings. The fourth-order valence-corrected chi connectivity index (χ4v) is 1.67. The number of aromatic carboxylic acids is 1. The second-order valence-corrected chi connectivity index (χ2v) is 5.46. The molecule has 0 aliphatic heterocycles. The van der Waals surface area contributed by atoms with Gasteiger partial charge in [-0.1, -0.05) is 0 Å². The van der Waals surface area contributed by atoms with Crippen molar-refractivity contribution in [1.82, 2.24) is 0 Å². The number of rotatable bonds is 5. The van der Waals surface area contributed by atoms with Gasteiger partial charge in [-0.15, -0.1) is 0 Å². The summed E-state index contributed by atoms with van der Waals surface area (Å²) in [4.78, 5) is 13.1. The van der Waals surface area contributed by atoms with Gasteiger partial charge >= 0.3 is 5.97 Å². The van der Waals surface area contributed by atoms with Crippen LogP contribution in [0.25, 0.3) is 0 Å². The Morgan fingerprint density at radius 1 is 1.42 bits per heavy atom. The van der Waals surface area contributed by atoms with Gasteiger partial charge in [-0.2, -0.15) is 0 Å². The van der Waals surface area contributed by atoms with Crippen LogP contribution in [-0.4, -0.2) is 36.9 Å². The molecule has 0 aliphatic carbocycles. The topological polar surface area (TPSA) is 75.8 Å². The number of anilines is 2. The lowest BCUT2D eigenvalue weighted by molar-refractivity contribution is 0.00165. The average molecular weight is 266 g/mol. The summed E-state index contributed by atoms with van der Waals surface area (Å²) >= 11 is 0. The van der Waals surface area contributed by atoms with E-state index < -0.39 is 5.97 Å². The smallest absolute Gasteiger partial charge is 0.337 e. The van der Waals surface area contributed by atoms with Crippen LogP contribution in [0.1, 0.15) is 31.1 Å². The lowest BCUT2D eigenvalue weighted by Gasteiger charge is -2.25. The summed E-state index contributed by atoms with van der Waals surface area (Å²) in [5.41, 5.74) is 6.71. The Morgan fingerprint density at radius 3 is 2.58 bits per heavy atom. The van der Waals surface area contributed by atoms with Crippen molar-refractivity contribution in [3.63, 3.8) is 0 Å². The Kier molecular flexibility index (Phi) is 4.78. The van der Waals surface area contributed by atoms with Crippen molar-refractivity contribution in [2.75, 3.05) is 30.8 Å². The Hall–Kier alpha value is -1.75.